The van der Waals surface area contributed by atoms with Crippen LogP contribution in [0.3, 0.4) is 0 Å². The Labute approximate surface area is 172 Å². The molecule has 2 N–H and O–H groups in total. The van der Waals surface area contributed by atoms with Crippen molar-refractivity contribution >= 4 is 40.6 Å². The van der Waals surface area contributed by atoms with Crippen molar-refractivity contribution in [1.29, 1.82) is 0 Å². The van der Waals surface area contributed by atoms with Gasteiger partial charge in [0.1, 0.15) is 0 Å². The van der Waals surface area contributed by atoms with Crippen LogP contribution < -0.4 is 15.5 Å². The monoisotopic (exact) mass is 413 g/mol. The van der Waals surface area contributed by atoms with Crippen molar-refractivity contribution < 1.29 is 13.9 Å². The topological polar surface area (TPSA) is 92.5 Å². The van der Waals surface area contributed by atoms with E-state index >= 15 is 0 Å². The van der Waals surface area contributed by atoms with Crippen LogP contribution >= 0.6 is 11.6 Å². The summed E-state index contributed by atoms with van der Waals surface area (Å²) in [5.74, 6) is -0.654. The van der Waals surface area contributed by atoms with E-state index in [1.54, 1.807) is 12.1 Å². The molecule has 150 valence electrons. The van der Waals surface area contributed by atoms with E-state index in [-0.39, 0.29) is 11.9 Å². The van der Waals surface area contributed by atoms with Crippen LogP contribution in [-0.4, -0.2) is 42.4 Å². The Morgan fingerprint density at radius 1 is 1.10 bits per heavy atom. The number of nitrogens with one attached hydrogen (secondary N) is 2. The van der Waals surface area contributed by atoms with E-state index in [9.17, 15) is 4.79 Å². The Morgan fingerprint density at radius 3 is 2.69 bits per heavy atom. The summed E-state index contributed by atoms with van der Waals surface area (Å²) in [5.41, 5.74) is 3.34. The number of halogens is 1. The average molecular weight is 414 g/mol. The molecule has 1 aliphatic rings. The van der Waals surface area contributed by atoms with Crippen LogP contribution in [0, 0.1) is 6.92 Å². The van der Waals surface area contributed by atoms with Gasteiger partial charge in [-0.3, -0.25) is 4.79 Å². The van der Waals surface area contributed by atoms with Crippen molar-refractivity contribution in [2.45, 2.75) is 6.92 Å². The molecule has 29 heavy (non-hydrogen) atoms. The van der Waals surface area contributed by atoms with Crippen LogP contribution in [-0.2, 0) is 4.74 Å². The molecule has 1 aliphatic heterocycles. The Morgan fingerprint density at radius 2 is 1.93 bits per heavy atom. The zero-order valence-electron chi connectivity index (χ0n) is 15.8. The Balaban J connectivity index is 1.41. The number of nitrogens with zero attached hydrogens (tertiary/aromatic N) is 3. The number of aryl methyl sites for hydroxylation is 1. The van der Waals surface area contributed by atoms with Gasteiger partial charge in [-0.05, 0) is 42.8 Å². The van der Waals surface area contributed by atoms with Gasteiger partial charge in [0.05, 0.1) is 23.9 Å². The molecule has 0 unspecified atom stereocenters. The quantitative estimate of drug-likeness (QED) is 0.655. The van der Waals surface area contributed by atoms with Crippen molar-refractivity contribution in [3.63, 3.8) is 0 Å². The zero-order chi connectivity index (χ0) is 20.2. The highest BCUT2D eigenvalue weighted by molar-refractivity contribution is 6.33. The summed E-state index contributed by atoms with van der Waals surface area (Å²) in [6.07, 6.45) is 0. The average Bonchev–Trinajstić information content (AvgIpc) is 3.17. The zero-order valence-corrected chi connectivity index (χ0v) is 16.6. The van der Waals surface area contributed by atoms with Gasteiger partial charge in [0.15, 0.2) is 0 Å². The van der Waals surface area contributed by atoms with Gasteiger partial charge in [-0.15, -0.1) is 5.10 Å². The molecular formula is C20H20ClN5O3. The number of hydrogen-bond donors (Lipinski definition) is 2. The lowest BCUT2D eigenvalue weighted by Gasteiger charge is -2.29. The molecule has 3 aromatic rings. The van der Waals surface area contributed by atoms with E-state index < -0.39 is 5.91 Å². The molecule has 0 aliphatic carbocycles. The predicted molar refractivity (Wildman–Crippen MR) is 111 cm³/mol. The predicted octanol–water partition coefficient (Wildman–Crippen LogP) is 3.86. The van der Waals surface area contributed by atoms with Gasteiger partial charge in [-0.1, -0.05) is 28.8 Å². The summed E-state index contributed by atoms with van der Waals surface area (Å²) in [6, 6.07) is 13.2. The molecule has 1 saturated heterocycles. The second-order valence-electron chi connectivity index (χ2n) is 6.63. The first-order valence-corrected chi connectivity index (χ1v) is 9.57. The molecule has 0 bridgehead atoms. The van der Waals surface area contributed by atoms with Crippen molar-refractivity contribution in [1.82, 2.24) is 10.2 Å². The number of rotatable bonds is 5. The van der Waals surface area contributed by atoms with E-state index in [1.807, 2.05) is 37.3 Å². The van der Waals surface area contributed by atoms with E-state index in [1.165, 1.54) is 0 Å². The fourth-order valence-corrected chi connectivity index (χ4v) is 3.34. The van der Waals surface area contributed by atoms with Gasteiger partial charge in [0.2, 0.25) is 0 Å². The maximum atomic E-state index is 12.4. The van der Waals surface area contributed by atoms with Gasteiger partial charge in [0, 0.05) is 24.5 Å². The van der Waals surface area contributed by atoms with Crippen molar-refractivity contribution in [3.8, 4) is 0 Å². The Kier molecular flexibility index (Phi) is 5.64. The summed E-state index contributed by atoms with van der Waals surface area (Å²) >= 11 is 6.40. The number of anilines is 4. The van der Waals surface area contributed by atoms with Gasteiger partial charge in [-0.2, -0.15) is 0 Å². The van der Waals surface area contributed by atoms with Gasteiger partial charge >= 0.3 is 17.8 Å². The smallest absolute Gasteiger partial charge is 0.320 e. The molecule has 1 fully saturated rings. The van der Waals surface area contributed by atoms with Crippen LogP contribution in [0.25, 0.3) is 0 Å². The number of carbonyl (C=O) groups is 1. The molecule has 0 saturated carbocycles. The van der Waals surface area contributed by atoms with E-state index in [0.29, 0.717) is 23.9 Å². The summed E-state index contributed by atoms with van der Waals surface area (Å²) in [4.78, 5) is 14.6. The number of benzene rings is 2. The first-order chi connectivity index (χ1) is 14.1. The summed E-state index contributed by atoms with van der Waals surface area (Å²) in [5, 5.41) is 13.9. The van der Waals surface area contributed by atoms with Crippen LogP contribution in [0.1, 0.15) is 16.2 Å². The van der Waals surface area contributed by atoms with E-state index in [4.69, 9.17) is 20.8 Å². The van der Waals surface area contributed by atoms with Crippen molar-refractivity contribution in [2.75, 3.05) is 41.8 Å². The lowest BCUT2D eigenvalue weighted by atomic mass is 10.2. The minimum Gasteiger partial charge on any atom is -0.399 e. The molecule has 1 aromatic heterocycles. The van der Waals surface area contributed by atoms with Crippen molar-refractivity contribution in [2.24, 2.45) is 0 Å². The summed E-state index contributed by atoms with van der Waals surface area (Å²) < 4.78 is 10.8. The van der Waals surface area contributed by atoms with Crippen LogP contribution in [0.15, 0.2) is 46.9 Å². The SMILES string of the molecule is Cc1cccc(Nc2nnc(C(=O)Nc3ccc(N4CCOCC4)c(Cl)c3)o2)c1. The standard InChI is InChI=1S/C20H20ClN5O3/c1-13-3-2-4-14(11-13)23-20-25-24-19(29-20)18(27)22-15-5-6-17(16(21)12-15)26-7-9-28-10-8-26/h2-6,11-12H,7-10H2,1H3,(H,22,27)(H,23,25). The van der Waals surface area contributed by atoms with Crippen LogP contribution in [0.4, 0.5) is 23.1 Å². The Hall–Kier alpha value is -3.10. The first kappa shape index (κ1) is 19.2. The minimum atomic E-state index is -0.509. The number of hydrogen-bond acceptors (Lipinski definition) is 7. The third-order valence-electron chi connectivity index (χ3n) is 4.45. The Bertz CT molecular complexity index is 1020. The second-order valence-corrected chi connectivity index (χ2v) is 7.03. The van der Waals surface area contributed by atoms with E-state index in [0.717, 1.165) is 30.0 Å². The number of aromatic nitrogens is 2. The van der Waals surface area contributed by atoms with Gasteiger partial charge in [0.25, 0.3) is 0 Å². The molecule has 0 atom stereocenters. The highest BCUT2D eigenvalue weighted by Crippen LogP contribution is 2.29. The summed E-state index contributed by atoms with van der Waals surface area (Å²) in [7, 11) is 0. The molecule has 2 aromatic carbocycles. The fraction of sp³-hybridized carbons (Fsp3) is 0.250. The number of ether oxygens (including phenoxy) is 1. The lowest BCUT2D eigenvalue weighted by Crippen LogP contribution is -2.36. The molecule has 0 spiro atoms. The molecule has 4 rings (SSSR count). The largest absolute Gasteiger partial charge is 0.399 e. The normalized spacial score (nSPS) is 13.9. The number of amides is 1. The molecule has 1 amide bonds. The minimum absolute atomic E-state index is 0.140. The van der Waals surface area contributed by atoms with Crippen molar-refractivity contribution in [3.05, 3.63) is 58.9 Å². The molecule has 0 radical (unpaired) electrons. The first-order valence-electron chi connectivity index (χ1n) is 9.19. The fourth-order valence-electron chi connectivity index (χ4n) is 3.04. The molecule has 2 heterocycles. The summed E-state index contributed by atoms with van der Waals surface area (Å²) in [6.45, 7) is 4.89. The lowest BCUT2D eigenvalue weighted by molar-refractivity contribution is 0.0991. The van der Waals surface area contributed by atoms with Gasteiger partial charge in [-0.25, -0.2) is 0 Å². The van der Waals surface area contributed by atoms with Crippen LogP contribution in [0.5, 0.6) is 0 Å². The molecule has 8 nitrogen and oxygen atoms in total. The highest BCUT2D eigenvalue weighted by atomic mass is 35.5. The third-order valence-corrected chi connectivity index (χ3v) is 4.75. The van der Waals surface area contributed by atoms with E-state index in [2.05, 4.69) is 25.7 Å². The maximum Gasteiger partial charge on any atom is 0.320 e. The second kappa shape index (κ2) is 8.50. The number of morpholine rings is 1. The third kappa shape index (κ3) is 4.67. The maximum absolute atomic E-state index is 12.4. The molecular weight excluding hydrogens is 394 g/mol. The van der Waals surface area contributed by atoms with Crippen LogP contribution in [0.2, 0.25) is 5.02 Å². The number of carbonyl (C=O) groups excluding carboxylic acids is 1. The van der Waals surface area contributed by atoms with Gasteiger partial charge < -0.3 is 24.7 Å². The molecule has 9 heteroatoms. The highest BCUT2D eigenvalue weighted by Gasteiger charge is 2.18.